The van der Waals surface area contributed by atoms with E-state index in [4.69, 9.17) is 4.74 Å². The first kappa shape index (κ1) is 21.3. The highest BCUT2D eigenvalue weighted by atomic mass is 32.2. The minimum absolute atomic E-state index is 0.152. The molecule has 29 heavy (non-hydrogen) atoms. The van der Waals surface area contributed by atoms with Crippen LogP contribution in [-0.2, 0) is 20.6 Å². The Hall–Kier alpha value is -2.45. The Morgan fingerprint density at radius 1 is 1.21 bits per heavy atom. The number of benzene rings is 2. The molecule has 1 aliphatic rings. The quantitative estimate of drug-likeness (QED) is 0.778. The summed E-state index contributed by atoms with van der Waals surface area (Å²) >= 11 is 0. The van der Waals surface area contributed by atoms with Crippen molar-refractivity contribution in [2.45, 2.75) is 25.5 Å². The maximum atomic E-state index is 13.8. The standard InChI is InChI=1S/C21H25FN2O4S/c1-15-7-8-20(28-2)19(13-15)23-21(25)16-9-11-24(12-10-16)29(26,27)14-17-5-3-4-6-18(17)22/h3-8,13,16H,9-12,14H2,1-2H3,(H,23,25). The zero-order valence-electron chi connectivity index (χ0n) is 16.5. The molecule has 0 spiro atoms. The minimum atomic E-state index is -3.64. The van der Waals surface area contributed by atoms with E-state index >= 15 is 0 Å². The normalized spacial score (nSPS) is 15.8. The van der Waals surface area contributed by atoms with Crippen LogP contribution in [0.5, 0.6) is 5.75 Å². The molecule has 0 saturated carbocycles. The number of ether oxygens (including phenoxy) is 1. The van der Waals surface area contributed by atoms with Crippen molar-refractivity contribution in [1.82, 2.24) is 4.31 Å². The van der Waals surface area contributed by atoms with Crippen molar-refractivity contribution >= 4 is 21.6 Å². The fraction of sp³-hybridized carbons (Fsp3) is 0.381. The molecule has 6 nitrogen and oxygen atoms in total. The highest BCUT2D eigenvalue weighted by molar-refractivity contribution is 7.88. The molecule has 1 heterocycles. The summed E-state index contributed by atoms with van der Waals surface area (Å²) in [4.78, 5) is 12.7. The lowest BCUT2D eigenvalue weighted by molar-refractivity contribution is -0.120. The van der Waals surface area contributed by atoms with Gasteiger partial charge in [0.15, 0.2) is 0 Å². The summed E-state index contributed by atoms with van der Waals surface area (Å²) in [7, 11) is -2.10. The molecule has 1 amide bonds. The lowest BCUT2D eigenvalue weighted by Crippen LogP contribution is -2.42. The monoisotopic (exact) mass is 420 g/mol. The molecule has 0 atom stereocenters. The van der Waals surface area contributed by atoms with Gasteiger partial charge in [0.1, 0.15) is 11.6 Å². The molecule has 0 bridgehead atoms. The first-order chi connectivity index (χ1) is 13.8. The number of nitrogens with zero attached hydrogens (tertiary/aromatic N) is 1. The van der Waals surface area contributed by atoms with Gasteiger partial charge in [-0.2, -0.15) is 0 Å². The Morgan fingerprint density at radius 2 is 1.90 bits per heavy atom. The van der Waals surface area contributed by atoms with Crippen LogP contribution in [0.25, 0.3) is 0 Å². The van der Waals surface area contributed by atoms with Gasteiger partial charge in [0, 0.05) is 24.6 Å². The number of carbonyl (C=O) groups excluding carboxylic acids is 1. The first-order valence-corrected chi connectivity index (χ1v) is 11.1. The van der Waals surface area contributed by atoms with Crippen LogP contribution < -0.4 is 10.1 Å². The van der Waals surface area contributed by atoms with Gasteiger partial charge < -0.3 is 10.1 Å². The van der Waals surface area contributed by atoms with Crippen molar-refractivity contribution in [2.75, 3.05) is 25.5 Å². The van der Waals surface area contributed by atoms with Gasteiger partial charge in [-0.25, -0.2) is 17.1 Å². The predicted octanol–water partition coefficient (Wildman–Crippen LogP) is 3.32. The van der Waals surface area contributed by atoms with Crippen molar-refractivity contribution in [3.05, 3.63) is 59.4 Å². The van der Waals surface area contributed by atoms with Gasteiger partial charge in [0.2, 0.25) is 15.9 Å². The summed E-state index contributed by atoms with van der Waals surface area (Å²) in [6, 6.07) is 11.4. The maximum absolute atomic E-state index is 13.8. The average molecular weight is 421 g/mol. The zero-order chi connectivity index (χ0) is 21.0. The van der Waals surface area contributed by atoms with Crippen LogP contribution in [0.15, 0.2) is 42.5 Å². The molecule has 2 aromatic carbocycles. The molecule has 1 saturated heterocycles. The Kier molecular flexibility index (Phi) is 6.54. The van der Waals surface area contributed by atoms with E-state index in [9.17, 15) is 17.6 Å². The van der Waals surface area contributed by atoms with Crippen LogP contribution in [0, 0.1) is 18.7 Å². The van der Waals surface area contributed by atoms with E-state index in [1.807, 2.05) is 19.1 Å². The van der Waals surface area contributed by atoms with Crippen LogP contribution in [0.2, 0.25) is 0 Å². The van der Waals surface area contributed by atoms with E-state index < -0.39 is 15.8 Å². The third-order valence-electron chi connectivity index (χ3n) is 5.13. The SMILES string of the molecule is COc1ccc(C)cc1NC(=O)C1CCN(S(=O)(=O)Cc2ccccc2F)CC1. The summed E-state index contributed by atoms with van der Waals surface area (Å²) in [6.45, 7) is 2.40. The van der Waals surface area contributed by atoms with Gasteiger partial charge in [-0.15, -0.1) is 0 Å². The molecule has 8 heteroatoms. The minimum Gasteiger partial charge on any atom is -0.495 e. The van der Waals surface area contributed by atoms with Crippen molar-refractivity contribution in [2.24, 2.45) is 5.92 Å². The number of hydrogen-bond donors (Lipinski definition) is 1. The molecule has 0 unspecified atom stereocenters. The number of sulfonamides is 1. The van der Waals surface area contributed by atoms with Gasteiger partial charge in [-0.3, -0.25) is 4.79 Å². The number of hydrogen-bond acceptors (Lipinski definition) is 4. The Balaban J connectivity index is 1.61. The van der Waals surface area contributed by atoms with Crippen LogP contribution in [0.4, 0.5) is 10.1 Å². The molecular formula is C21H25FN2O4S. The number of piperidine rings is 1. The molecule has 0 aliphatic carbocycles. The summed E-state index contributed by atoms with van der Waals surface area (Å²) < 4.78 is 45.7. The first-order valence-electron chi connectivity index (χ1n) is 9.47. The summed E-state index contributed by atoms with van der Waals surface area (Å²) in [5.74, 6) is -0.775. The van der Waals surface area contributed by atoms with Gasteiger partial charge in [-0.05, 0) is 43.5 Å². The topological polar surface area (TPSA) is 75.7 Å². The molecule has 3 rings (SSSR count). The average Bonchev–Trinajstić information content (AvgIpc) is 2.70. The molecule has 2 aromatic rings. The molecule has 0 radical (unpaired) electrons. The number of nitrogens with one attached hydrogen (secondary N) is 1. The van der Waals surface area contributed by atoms with Crippen LogP contribution in [0.1, 0.15) is 24.0 Å². The van der Waals surface area contributed by atoms with Crippen molar-refractivity contribution < 1.29 is 22.3 Å². The van der Waals surface area contributed by atoms with Gasteiger partial charge in [0.25, 0.3) is 0 Å². The zero-order valence-corrected chi connectivity index (χ0v) is 17.3. The largest absolute Gasteiger partial charge is 0.495 e. The highest BCUT2D eigenvalue weighted by Crippen LogP contribution is 2.28. The summed E-state index contributed by atoms with van der Waals surface area (Å²) in [5.41, 5.74) is 1.75. The molecule has 156 valence electrons. The Bertz CT molecular complexity index is 986. The van der Waals surface area contributed by atoms with E-state index in [-0.39, 0.29) is 36.2 Å². The van der Waals surface area contributed by atoms with E-state index in [2.05, 4.69) is 5.32 Å². The Labute approximate surface area is 170 Å². The smallest absolute Gasteiger partial charge is 0.227 e. The molecular weight excluding hydrogens is 395 g/mol. The van der Waals surface area contributed by atoms with Crippen molar-refractivity contribution in [3.63, 3.8) is 0 Å². The van der Waals surface area contributed by atoms with E-state index in [0.717, 1.165) is 5.56 Å². The lowest BCUT2D eigenvalue weighted by atomic mass is 9.97. The summed E-state index contributed by atoms with van der Waals surface area (Å²) in [5, 5.41) is 2.89. The highest BCUT2D eigenvalue weighted by Gasteiger charge is 2.31. The molecule has 1 N–H and O–H groups in total. The predicted molar refractivity (Wildman–Crippen MR) is 110 cm³/mol. The van der Waals surface area contributed by atoms with E-state index in [1.54, 1.807) is 19.2 Å². The van der Waals surface area contributed by atoms with Gasteiger partial charge in [-0.1, -0.05) is 24.3 Å². The number of halogens is 1. The second kappa shape index (κ2) is 8.92. The molecule has 1 fully saturated rings. The number of anilines is 1. The maximum Gasteiger partial charge on any atom is 0.227 e. The molecule has 0 aromatic heterocycles. The van der Waals surface area contributed by atoms with Crippen molar-refractivity contribution in [1.29, 1.82) is 0 Å². The fourth-order valence-electron chi connectivity index (χ4n) is 3.45. The number of methoxy groups -OCH3 is 1. The second-order valence-electron chi connectivity index (χ2n) is 7.21. The number of rotatable bonds is 6. The lowest BCUT2D eigenvalue weighted by Gasteiger charge is -2.30. The van der Waals surface area contributed by atoms with Crippen LogP contribution in [0.3, 0.4) is 0 Å². The third-order valence-corrected chi connectivity index (χ3v) is 6.95. The van der Waals surface area contributed by atoms with Crippen LogP contribution >= 0.6 is 0 Å². The molecule has 1 aliphatic heterocycles. The van der Waals surface area contributed by atoms with Gasteiger partial charge >= 0.3 is 0 Å². The number of carbonyl (C=O) groups is 1. The second-order valence-corrected chi connectivity index (χ2v) is 9.18. The van der Waals surface area contributed by atoms with Crippen LogP contribution in [-0.4, -0.2) is 38.8 Å². The fourth-order valence-corrected chi connectivity index (χ4v) is 5.03. The number of amides is 1. The van der Waals surface area contributed by atoms with E-state index in [0.29, 0.717) is 24.3 Å². The summed E-state index contributed by atoms with van der Waals surface area (Å²) in [6.07, 6.45) is 0.826. The van der Waals surface area contributed by atoms with Crippen molar-refractivity contribution in [3.8, 4) is 5.75 Å². The Morgan fingerprint density at radius 3 is 2.55 bits per heavy atom. The number of aryl methyl sites for hydroxylation is 1. The third kappa shape index (κ3) is 5.13. The van der Waals surface area contributed by atoms with Gasteiger partial charge in [0.05, 0.1) is 18.6 Å². The van der Waals surface area contributed by atoms with E-state index in [1.165, 1.54) is 22.5 Å².